The van der Waals surface area contributed by atoms with E-state index in [4.69, 9.17) is 18.9 Å². The zero-order valence-electron chi connectivity index (χ0n) is 14.1. The lowest BCUT2D eigenvalue weighted by Gasteiger charge is -2.23. The van der Waals surface area contributed by atoms with Gasteiger partial charge in [0.05, 0.1) is 39.6 Å². The van der Waals surface area contributed by atoms with Crippen LogP contribution in [0.1, 0.15) is 13.8 Å². The van der Waals surface area contributed by atoms with E-state index in [1.54, 1.807) is 14.2 Å². The lowest BCUT2D eigenvalue weighted by molar-refractivity contribution is -0.141. The Labute approximate surface area is 132 Å². The van der Waals surface area contributed by atoms with Gasteiger partial charge >= 0.3 is 0 Å². The van der Waals surface area contributed by atoms with Crippen LogP contribution < -0.4 is 0 Å². The summed E-state index contributed by atoms with van der Waals surface area (Å²) in [5.41, 5.74) is 0. The smallest absolute Gasteiger partial charge is 0.249 e. The maximum Gasteiger partial charge on any atom is 0.249 e. The van der Waals surface area contributed by atoms with Gasteiger partial charge in [0.25, 0.3) is 0 Å². The standard InChI is InChI=1S/C15H29NO6/c1-13(2)14(17)11-16(5-6-21-9-7-19-3)15(18)12-22-10-8-20-4/h13H,5-12H2,1-4H3. The van der Waals surface area contributed by atoms with Crippen LogP contribution in [0.15, 0.2) is 0 Å². The molecule has 0 fully saturated rings. The van der Waals surface area contributed by atoms with Gasteiger partial charge in [-0.25, -0.2) is 0 Å². The van der Waals surface area contributed by atoms with Crippen LogP contribution in [-0.4, -0.2) is 83.5 Å². The molecule has 0 N–H and O–H groups in total. The zero-order chi connectivity index (χ0) is 16.8. The van der Waals surface area contributed by atoms with E-state index in [0.717, 1.165) is 0 Å². The number of amides is 1. The third-order valence-electron chi connectivity index (χ3n) is 2.94. The summed E-state index contributed by atoms with van der Waals surface area (Å²) in [5, 5.41) is 0. The minimum atomic E-state index is -0.222. The SMILES string of the molecule is COCCOCCN(CC(=O)C(C)C)C(=O)COCCOC. The number of nitrogens with zero attached hydrogens (tertiary/aromatic N) is 1. The number of hydrogen-bond donors (Lipinski definition) is 0. The Morgan fingerprint density at radius 1 is 0.909 bits per heavy atom. The molecule has 0 aromatic carbocycles. The molecule has 0 aromatic heterocycles. The molecule has 0 bridgehead atoms. The summed E-state index contributed by atoms with van der Waals surface area (Å²) in [6, 6.07) is 0. The predicted octanol–water partition coefficient (Wildman–Crippen LogP) is 0.366. The van der Waals surface area contributed by atoms with Gasteiger partial charge in [-0.2, -0.15) is 0 Å². The lowest BCUT2D eigenvalue weighted by Crippen LogP contribution is -2.41. The number of methoxy groups -OCH3 is 2. The number of carbonyl (C=O) groups excluding carboxylic acids is 2. The molecule has 0 radical (unpaired) electrons. The predicted molar refractivity (Wildman–Crippen MR) is 81.8 cm³/mol. The monoisotopic (exact) mass is 319 g/mol. The second-order valence-corrected chi connectivity index (χ2v) is 5.09. The van der Waals surface area contributed by atoms with Crippen molar-refractivity contribution in [2.45, 2.75) is 13.8 Å². The van der Waals surface area contributed by atoms with Crippen molar-refractivity contribution in [2.75, 3.05) is 67.0 Å². The molecule has 7 nitrogen and oxygen atoms in total. The summed E-state index contributed by atoms with van der Waals surface area (Å²) in [6.07, 6.45) is 0. The quantitative estimate of drug-likeness (QED) is 0.431. The summed E-state index contributed by atoms with van der Waals surface area (Å²) >= 11 is 0. The molecule has 0 spiro atoms. The van der Waals surface area contributed by atoms with E-state index in [2.05, 4.69) is 0 Å². The van der Waals surface area contributed by atoms with Gasteiger partial charge in [-0.15, -0.1) is 0 Å². The molecule has 130 valence electrons. The molecule has 0 aliphatic rings. The average Bonchev–Trinajstić information content (AvgIpc) is 2.49. The zero-order valence-corrected chi connectivity index (χ0v) is 14.1. The van der Waals surface area contributed by atoms with Crippen molar-refractivity contribution in [1.29, 1.82) is 0 Å². The average molecular weight is 319 g/mol. The first kappa shape index (κ1) is 21.0. The third kappa shape index (κ3) is 10.7. The summed E-state index contributed by atoms with van der Waals surface area (Å²) in [6.45, 7) is 6.10. The second kappa shape index (κ2) is 13.6. The van der Waals surface area contributed by atoms with Gasteiger partial charge in [-0.1, -0.05) is 13.8 Å². The van der Waals surface area contributed by atoms with Gasteiger partial charge in [-0.05, 0) is 0 Å². The molecule has 0 rings (SSSR count). The second-order valence-electron chi connectivity index (χ2n) is 5.09. The third-order valence-corrected chi connectivity index (χ3v) is 2.94. The Hall–Kier alpha value is -1.02. The molecule has 7 heteroatoms. The van der Waals surface area contributed by atoms with Gasteiger partial charge in [0, 0.05) is 26.7 Å². The van der Waals surface area contributed by atoms with Gasteiger partial charge in [-0.3, -0.25) is 9.59 Å². The van der Waals surface area contributed by atoms with Crippen LogP contribution in [0.5, 0.6) is 0 Å². The molecule has 0 aliphatic heterocycles. The van der Waals surface area contributed by atoms with Crippen molar-refractivity contribution < 1.29 is 28.5 Å². The highest BCUT2D eigenvalue weighted by Gasteiger charge is 2.18. The van der Waals surface area contributed by atoms with Crippen LogP contribution in [0.3, 0.4) is 0 Å². The van der Waals surface area contributed by atoms with Crippen LogP contribution in [0.2, 0.25) is 0 Å². The van der Waals surface area contributed by atoms with Crippen molar-refractivity contribution in [2.24, 2.45) is 5.92 Å². The maximum absolute atomic E-state index is 12.1. The van der Waals surface area contributed by atoms with E-state index in [9.17, 15) is 9.59 Å². The highest BCUT2D eigenvalue weighted by atomic mass is 16.5. The van der Waals surface area contributed by atoms with Crippen LogP contribution in [0.25, 0.3) is 0 Å². The van der Waals surface area contributed by atoms with E-state index in [1.165, 1.54) is 4.90 Å². The number of ether oxygens (including phenoxy) is 4. The lowest BCUT2D eigenvalue weighted by atomic mass is 10.1. The number of hydrogen-bond acceptors (Lipinski definition) is 6. The molecule has 0 atom stereocenters. The van der Waals surface area contributed by atoms with Gasteiger partial charge in [0.2, 0.25) is 5.91 Å². The molecule has 0 saturated heterocycles. The topological polar surface area (TPSA) is 74.3 Å². The first-order chi connectivity index (χ1) is 10.5. The highest BCUT2D eigenvalue weighted by molar-refractivity contribution is 5.87. The molecular formula is C15H29NO6. The molecular weight excluding hydrogens is 290 g/mol. The van der Waals surface area contributed by atoms with Crippen molar-refractivity contribution in [3.63, 3.8) is 0 Å². The van der Waals surface area contributed by atoms with Crippen LogP contribution >= 0.6 is 0 Å². The Balaban J connectivity index is 4.25. The Kier molecular flexibility index (Phi) is 13.0. The first-order valence-corrected chi connectivity index (χ1v) is 7.46. The number of carbonyl (C=O) groups is 2. The van der Waals surface area contributed by atoms with Crippen molar-refractivity contribution in [3.05, 3.63) is 0 Å². The van der Waals surface area contributed by atoms with Crippen LogP contribution in [0.4, 0.5) is 0 Å². The Morgan fingerprint density at radius 2 is 1.50 bits per heavy atom. The van der Waals surface area contributed by atoms with Gasteiger partial charge < -0.3 is 23.8 Å². The molecule has 0 aliphatic carbocycles. The van der Waals surface area contributed by atoms with Crippen LogP contribution in [0, 0.1) is 5.92 Å². The van der Waals surface area contributed by atoms with Crippen molar-refractivity contribution in [1.82, 2.24) is 4.90 Å². The van der Waals surface area contributed by atoms with E-state index in [1.807, 2.05) is 13.8 Å². The molecule has 0 unspecified atom stereocenters. The largest absolute Gasteiger partial charge is 0.382 e. The normalized spacial score (nSPS) is 11.0. The maximum atomic E-state index is 12.1. The van der Waals surface area contributed by atoms with Gasteiger partial charge in [0.15, 0.2) is 5.78 Å². The summed E-state index contributed by atoms with van der Waals surface area (Å²) < 4.78 is 20.3. The summed E-state index contributed by atoms with van der Waals surface area (Å²) in [7, 11) is 3.16. The van der Waals surface area contributed by atoms with Crippen LogP contribution in [-0.2, 0) is 28.5 Å². The first-order valence-electron chi connectivity index (χ1n) is 7.46. The minimum absolute atomic E-state index is 0.0159. The molecule has 0 saturated carbocycles. The molecule has 1 amide bonds. The summed E-state index contributed by atoms with van der Waals surface area (Å²) in [4.78, 5) is 25.4. The van der Waals surface area contributed by atoms with Crippen molar-refractivity contribution in [3.8, 4) is 0 Å². The van der Waals surface area contributed by atoms with E-state index >= 15 is 0 Å². The fraction of sp³-hybridized carbons (Fsp3) is 0.867. The van der Waals surface area contributed by atoms with Crippen molar-refractivity contribution >= 4 is 11.7 Å². The number of rotatable bonds is 14. The fourth-order valence-corrected chi connectivity index (χ4v) is 1.47. The number of Topliss-reactive ketones (excluding diaryl/α,β-unsaturated/α-hetero) is 1. The number of ketones is 1. The fourth-order valence-electron chi connectivity index (χ4n) is 1.47. The minimum Gasteiger partial charge on any atom is -0.382 e. The molecule has 22 heavy (non-hydrogen) atoms. The Bertz CT molecular complexity index is 308. The van der Waals surface area contributed by atoms with Gasteiger partial charge in [0.1, 0.15) is 6.61 Å². The van der Waals surface area contributed by atoms with E-state index in [-0.39, 0.29) is 30.8 Å². The van der Waals surface area contributed by atoms with E-state index < -0.39 is 0 Å². The summed E-state index contributed by atoms with van der Waals surface area (Å²) in [5.74, 6) is -0.318. The Morgan fingerprint density at radius 3 is 2.05 bits per heavy atom. The van der Waals surface area contributed by atoms with E-state index in [0.29, 0.717) is 39.6 Å². The molecule has 0 heterocycles. The molecule has 0 aromatic rings. The highest BCUT2D eigenvalue weighted by Crippen LogP contribution is 2.00.